The zero-order valence-electron chi connectivity index (χ0n) is 10.2. The molecule has 0 saturated carbocycles. The Morgan fingerprint density at radius 3 is 2.75 bits per heavy atom. The van der Waals surface area contributed by atoms with Gasteiger partial charge in [-0.1, -0.05) is 0 Å². The van der Waals surface area contributed by atoms with Crippen LogP contribution in [0.1, 0.15) is 19.5 Å². The number of nitrogens with two attached hydrogens (primary N) is 1. The monoisotopic (exact) mass is 224 g/mol. The minimum absolute atomic E-state index is 0.359. The van der Waals surface area contributed by atoms with Crippen LogP contribution in [0.25, 0.3) is 0 Å². The van der Waals surface area contributed by atoms with Crippen LogP contribution < -0.4 is 10.6 Å². The Bertz CT molecular complexity index is 317. The number of rotatable bonds is 6. The van der Waals surface area contributed by atoms with E-state index in [0.29, 0.717) is 19.2 Å². The lowest BCUT2D eigenvalue weighted by Crippen LogP contribution is -2.34. The van der Waals surface area contributed by atoms with Crippen molar-refractivity contribution >= 4 is 5.82 Å². The fourth-order valence-electron chi connectivity index (χ4n) is 1.46. The highest BCUT2D eigenvalue weighted by molar-refractivity contribution is 5.37. The van der Waals surface area contributed by atoms with Crippen molar-refractivity contribution in [3.8, 4) is 0 Å². The van der Waals surface area contributed by atoms with Gasteiger partial charge in [0.2, 0.25) is 0 Å². The van der Waals surface area contributed by atoms with E-state index in [1.807, 2.05) is 0 Å². The summed E-state index contributed by atoms with van der Waals surface area (Å²) in [4.78, 5) is 10.7. The van der Waals surface area contributed by atoms with Crippen LogP contribution in [0.15, 0.2) is 12.4 Å². The van der Waals surface area contributed by atoms with Crippen molar-refractivity contribution in [2.24, 2.45) is 5.73 Å². The van der Waals surface area contributed by atoms with Crippen molar-refractivity contribution in [2.75, 3.05) is 25.2 Å². The minimum Gasteiger partial charge on any atom is -0.383 e. The molecular formula is C11H20N4O. The topological polar surface area (TPSA) is 64.3 Å². The highest BCUT2D eigenvalue weighted by Crippen LogP contribution is 2.12. The number of hydrogen-bond acceptors (Lipinski definition) is 5. The summed E-state index contributed by atoms with van der Waals surface area (Å²) >= 11 is 0. The third kappa shape index (κ3) is 3.43. The van der Waals surface area contributed by atoms with Gasteiger partial charge in [-0.2, -0.15) is 0 Å². The van der Waals surface area contributed by atoms with Gasteiger partial charge < -0.3 is 15.4 Å². The van der Waals surface area contributed by atoms with Crippen LogP contribution in [0.4, 0.5) is 5.82 Å². The number of ether oxygens (including phenoxy) is 1. The second-order valence-corrected chi connectivity index (χ2v) is 3.85. The molecule has 0 saturated heterocycles. The SMILES string of the molecule is COCCN(c1cncc(CN)n1)C(C)C. The molecule has 16 heavy (non-hydrogen) atoms. The number of aromatic nitrogens is 2. The standard InChI is InChI=1S/C11H20N4O/c1-9(2)15(4-5-16-3)11-8-13-7-10(6-12)14-11/h7-9H,4-6,12H2,1-3H3. The molecule has 0 aromatic carbocycles. The Morgan fingerprint density at radius 2 is 2.19 bits per heavy atom. The van der Waals surface area contributed by atoms with E-state index in [-0.39, 0.29) is 0 Å². The molecule has 0 bridgehead atoms. The summed E-state index contributed by atoms with van der Waals surface area (Å²) in [7, 11) is 1.69. The van der Waals surface area contributed by atoms with Crippen LogP contribution in [0.2, 0.25) is 0 Å². The summed E-state index contributed by atoms with van der Waals surface area (Å²) in [5, 5.41) is 0. The van der Waals surface area contributed by atoms with E-state index in [2.05, 4.69) is 28.7 Å². The Hall–Kier alpha value is -1.20. The Morgan fingerprint density at radius 1 is 1.44 bits per heavy atom. The Labute approximate surface area is 96.6 Å². The Kier molecular flexibility index (Phi) is 5.14. The lowest BCUT2D eigenvalue weighted by Gasteiger charge is -2.27. The van der Waals surface area contributed by atoms with E-state index in [1.54, 1.807) is 19.5 Å². The van der Waals surface area contributed by atoms with E-state index in [0.717, 1.165) is 18.1 Å². The largest absolute Gasteiger partial charge is 0.383 e. The molecule has 1 rings (SSSR count). The molecule has 5 heteroatoms. The zero-order valence-corrected chi connectivity index (χ0v) is 10.2. The summed E-state index contributed by atoms with van der Waals surface area (Å²) in [5.41, 5.74) is 6.36. The number of methoxy groups -OCH3 is 1. The van der Waals surface area contributed by atoms with Crippen LogP contribution in [-0.4, -0.2) is 36.3 Å². The van der Waals surface area contributed by atoms with E-state index < -0.39 is 0 Å². The van der Waals surface area contributed by atoms with Crippen molar-refractivity contribution < 1.29 is 4.74 Å². The van der Waals surface area contributed by atoms with Crippen molar-refractivity contribution in [3.63, 3.8) is 0 Å². The smallest absolute Gasteiger partial charge is 0.147 e. The first kappa shape index (κ1) is 12.9. The first-order chi connectivity index (χ1) is 7.69. The lowest BCUT2D eigenvalue weighted by atomic mass is 10.3. The van der Waals surface area contributed by atoms with Gasteiger partial charge in [-0.3, -0.25) is 4.98 Å². The van der Waals surface area contributed by atoms with Gasteiger partial charge in [-0.25, -0.2) is 4.98 Å². The van der Waals surface area contributed by atoms with E-state index in [9.17, 15) is 0 Å². The second-order valence-electron chi connectivity index (χ2n) is 3.85. The molecule has 90 valence electrons. The number of nitrogens with zero attached hydrogens (tertiary/aromatic N) is 3. The molecule has 0 unspecified atom stereocenters. The van der Waals surface area contributed by atoms with E-state index >= 15 is 0 Å². The van der Waals surface area contributed by atoms with E-state index in [4.69, 9.17) is 10.5 Å². The van der Waals surface area contributed by atoms with Gasteiger partial charge >= 0.3 is 0 Å². The van der Waals surface area contributed by atoms with Crippen LogP contribution in [0.3, 0.4) is 0 Å². The van der Waals surface area contributed by atoms with Crippen LogP contribution in [-0.2, 0) is 11.3 Å². The van der Waals surface area contributed by atoms with Crippen molar-refractivity contribution in [2.45, 2.75) is 26.4 Å². The normalized spacial score (nSPS) is 10.8. The Balaban J connectivity index is 2.82. The first-order valence-corrected chi connectivity index (χ1v) is 5.45. The van der Waals surface area contributed by atoms with Crippen LogP contribution in [0, 0.1) is 0 Å². The fourth-order valence-corrected chi connectivity index (χ4v) is 1.46. The second kappa shape index (κ2) is 6.40. The van der Waals surface area contributed by atoms with Crippen molar-refractivity contribution in [1.29, 1.82) is 0 Å². The molecule has 1 aromatic heterocycles. The molecule has 1 aromatic rings. The third-order valence-electron chi connectivity index (χ3n) is 2.33. The molecule has 1 heterocycles. The molecular weight excluding hydrogens is 204 g/mol. The lowest BCUT2D eigenvalue weighted by molar-refractivity contribution is 0.203. The zero-order chi connectivity index (χ0) is 12.0. The molecule has 0 atom stereocenters. The van der Waals surface area contributed by atoms with Crippen molar-refractivity contribution in [1.82, 2.24) is 9.97 Å². The summed E-state index contributed by atoms with van der Waals surface area (Å²) in [6.45, 7) is 6.12. The van der Waals surface area contributed by atoms with Crippen molar-refractivity contribution in [3.05, 3.63) is 18.1 Å². The summed E-state index contributed by atoms with van der Waals surface area (Å²) in [6.07, 6.45) is 3.45. The third-order valence-corrected chi connectivity index (χ3v) is 2.33. The minimum atomic E-state index is 0.359. The maximum atomic E-state index is 5.55. The molecule has 0 spiro atoms. The predicted octanol–water partition coefficient (Wildman–Crippen LogP) is 0.797. The highest BCUT2D eigenvalue weighted by atomic mass is 16.5. The predicted molar refractivity (Wildman–Crippen MR) is 64.3 cm³/mol. The van der Waals surface area contributed by atoms with Gasteiger partial charge in [0.25, 0.3) is 0 Å². The average molecular weight is 224 g/mol. The highest BCUT2D eigenvalue weighted by Gasteiger charge is 2.12. The summed E-state index contributed by atoms with van der Waals surface area (Å²) < 4.78 is 5.09. The molecule has 0 aliphatic carbocycles. The van der Waals surface area contributed by atoms with Gasteiger partial charge in [-0.05, 0) is 13.8 Å². The number of hydrogen-bond donors (Lipinski definition) is 1. The van der Waals surface area contributed by atoms with Gasteiger partial charge in [0.1, 0.15) is 5.82 Å². The molecule has 0 fully saturated rings. The quantitative estimate of drug-likeness (QED) is 0.774. The van der Waals surface area contributed by atoms with Crippen LogP contribution in [0.5, 0.6) is 0 Å². The molecule has 5 nitrogen and oxygen atoms in total. The average Bonchev–Trinajstić information content (AvgIpc) is 2.29. The summed E-state index contributed by atoms with van der Waals surface area (Å²) in [5.74, 6) is 0.856. The first-order valence-electron chi connectivity index (χ1n) is 5.45. The van der Waals surface area contributed by atoms with Gasteiger partial charge in [0.05, 0.1) is 18.5 Å². The van der Waals surface area contributed by atoms with Gasteiger partial charge in [0, 0.05) is 32.4 Å². The molecule has 0 aliphatic heterocycles. The molecule has 0 radical (unpaired) electrons. The van der Waals surface area contributed by atoms with Gasteiger partial charge in [-0.15, -0.1) is 0 Å². The van der Waals surface area contributed by atoms with Crippen LogP contribution >= 0.6 is 0 Å². The van der Waals surface area contributed by atoms with Gasteiger partial charge in [0.15, 0.2) is 0 Å². The molecule has 0 amide bonds. The maximum absolute atomic E-state index is 5.55. The maximum Gasteiger partial charge on any atom is 0.147 e. The molecule has 2 N–H and O–H groups in total. The summed E-state index contributed by atoms with van der Waals surface area (Å²) in [6, 6.07) is 0.359. The molecule has 0 aliphatic rings. The fraction of sp³-hybridized carbons (Fsp3) is 0.636. The number of anilines is 1. The van der Waals surface area contributed by atoms with E-state index in [1.165, 1.54) is 0 Å².